The number of β-amino-alcohol motifs (C(OH)–C–C–N with tert-alkyl or cyclic N) is 1. The largest absolute Gasteiger partial charge is 0.392 e. The first-order valence-electron chi connectivity index (χ1n) is 5.09. The van der Waals surface area contributed by atoms with E-state index in [0.717, 1.165) is 25.4 Å². The maximum Gasteiger partial charge on any atom is 0.0679 e. The van der Waals surface area contributed by atoms with E-state index in [1.807, 2.05) is 0 Å². The molecule has 12 heavy (non-hydrogen) atoms. The average Bonchev–Trinajstić information content (AvgIpc) is 2.35. The molecule has 1 rings (SSSR count). The molecule has 1 aliphatic heterocycles. The van der Waals surface area contributed by atoms with Crippen molar-refractivity contribution in [3.63, 3.8) is 0 Å². The summed E-state index contributed by atoms with van der Waals surface area (Å²) in [6.07, 6.45) is 3.52. The lowest BCUT2D eigenvalue weighted by Crippen LogP contribution is -2.23. The topological polar surface area (TPSA) is 23.5 Å². The molecule has 0 saturated carbocycles. The van der Waals surface area contributed by atoms with Crippen LogP contribution in [0.15, 0.2) is 0 Å². The first kappa shape index (κ1) is 10.0. The normalized spacial score (nSPS) is 25.5. The highest BCUT2D eigenvalue weighted by Crippen LogP contribution is 2.11. The predicted octanol–water partition coefficient (Wildman–Crippen LogP) is 1.49. The van der Waals surface area contributed by atoms with Crippen molar-refractivity contribution in [3.8, 4) is 0 Å². The van der Waals surface area contributed by atoms with Gasteiger partial charge in [0.1, 0.15) is 0 Å². The van der Waals surface area contributed by atoms with Gasteiger partial charge in [0, 0.05) is 13.1 Å². The third-order valence-electron chi connectivity index (χ3n) is 2.50. The summed E-state index contributed by atoms with van der Waals surface area (Å²) < 4.78 is 0. The fourth-order valence-corrected chi connectivity index (χ4v) is 1.74. The van der Waals surface area contributed by atoms with Crippen LogP contribution in [-0.2, 0) is 0 Å². The second kappa shape index (κ2) is 4.83. The number of aliphatic hydroxyl groups is 1. The van der Waals surface area contributed by atoms with Crippen LogP contribution >= 0.6 is 0 Å². The molecule has 0 aromatic heterocycles. The molecule has 1 heterocycles. The molecule has 0 spiro atoms. The zero-order valence-corrected chi connectivity index (χ0v) is 8.29. The second-order valence-electron chi connectivity index (χ2n) is 4.28. The molecule has 2 heteroatoms. The average molecular weight is 171 g/mol. The van der Waals surface area contributed by atoms with Gasteiger partial charge in [0.2, 0.25) is 0 Å². The maximum atomic E-state index is 9.27. The van der Waals surface area contributed by atoms with Crippen molar-refractivity contribution in [2.24, 2.45) is 5.92 Å². The van der Waals surface area contributed by atoms with E-state index in [1.54, 1.807) is 0 Å². The SMILES string of the molecule is CC(C)CCCN1CC[C@@H](O)C1. The van der Waals surface area contributed by atoms with Crippen molar-refractivity contribution < 1.29 is 5.11 Å². The van der Waals surface area contributed by atoms with Crippen molar-refractivity contribution >= 4 is 0 Å². The zero-order chi connectivity index (χ0) is 8.97. The minimum Gasteiger partial charge on any atom is -0.392 e. The fourth-order valence-electron chi connectivity index (χ4n) is 1.74. The van der Waals surface area contributed by atoms with Crippen LogP contribution in [0.4, 0.5) is 0 Å². The molecule has 0 radical (unpaired) electrons. The van der Waals surface area contributed by atoms with Crippen LogP contribution in [0, 0.1) is 5.92 Å². The van der Waals surface area contributed by atoms with Crippen molar-refractivity contribution in [2.75, 3.05) is 19.6 Å². The molecule has 0 unspecified atom stereocenters. The molecule has 0 amide bonds. The summed E-state index contributed by atoms with van der Waals surface area (Å²) >= 11 is 0. The molecule has 1 fully saturated rings. The Kier molecular flexibility index (Phi) is 4.02. The van der Waals surface area contributed by atoms with Crippen LogP contribution in [0.25, 0.3) is 0 Å². The van der Waals surface area contributed by atoms with E-state index >= 15 is 0 Å². The van der Waals surface area contributed by atoms with E-state index in [0.29, 0.717) is 0 Å². The summed E-state index contributed by atoms with van der Waals surface area (Å²) in [6, 6.07) is 0. The minimum absolute atomic E-state index is 0.0518. The quantitative estimate of drug-likeness (QED) is 0.692. The number of hydrogen-bond donors (Lipinski definition) is 1. The lowest BCUT2D eigenvalue weighted by molar-refractivity contribution is 0.175. The summed E-state index contributed by atoms with van der Waals surface area (Å²) in [5.74, 6) is 0.817. The van der Waals surface area contributed by atoms with Crippen molar-refractivity contribution in [2.45, 2.75) is 39.2 Å². The van der Waals surface area contributed by atoms with Gasteiger partial charge in [-0.15, -0.1) is 0 Å². The molecule has 72 valence electrons. The van der Waals surface area contributed by atoms with Crippen LogP contribution in [0.5, 0.6) is 0 Å². The Morgan fingerprint density at radius 1 is 1.50 bits per heavy atom. The first-order valence-corrected chi connectivity index (χ1v) is 5.09. The molecule has 1 atom stereocenters. The van der Waals surface area contributed by atoms with Crippen LogP contribution in [0.2, 0.25) is 0 Å². The van der Waals surface area contributed by atoms with Crippen LogP contribution in [-0.4, -0.2) is 35.7 Å². The molecule has 0 bridgehead atoms. The molecule has 0 aromatic carbocycles. The number of aliphatic hydroxyl groups excluding tert-OH is 1. The van der Waals surface area contributed by atoms with Gasteiger partial charge in [0.25, 0.3) is 0 Å². The van der Waals surface area contributed by atoms with Gasteiger partial charge in [-0.05, 0) is 31.7 Å². The highest BCUT2D eigenvalue weighted by molar-refractivity contribution is 4.73. The smallest absolute Gasteiger partial charge is 0.0679 e. The van der Waals surface area contributed by atoms with E-state index in [-0.39, 0.29) is 6.10 Å². The predicted molar refractivity (Wildman–Crippen MR) is 51.1 cm³/mol. The van der Waals surface area contributed by atoms with Crippen LogP contribution in [0.3, 0.4) is 0 Å². The van der Waals surface area contributed by atoms with Gasteiger partial charge in [-0.2, -0.15) is 0 Å². The standard InChI is InChI=1S/C10H21NO/c1-9(2)4-3-6-11-7-5-10(12)8-11/h9-10,12H,3-8H2,1-2H3/t10-/m1/s1. The van der Waals surface area contributed by atoms with Crippen molar-refractivity contribution in [1.29, 1.82) is 0 Å². The Morgan fingerprint density at radius 2 is 2.25 bits per heavy atom. The molecule has 1 N–H and O–H groups in total. The van der Waals surface area contributed by atoms with Gasteiger partial charge >= 0.3 is 0 Å². The van der Waals surface area contributed by atoms with Gasteiger partial charge in [-0.25, -0.2) is 0 Å². The van der Waals surface area contributed by atoms with E-state index in [9.17, 15) is 5.11 Å². The molecular formula is C10H21NO. The summed E-state index contributed by atoms with van der Waals surface area (Å²) in [6.45, 7) is 7.70. The number of hydrogen-bond acceptors (Lipinski definition) is 2. The molecule has 1 saturated heterocycles. The molecule has 2 nitrogen and oxygen atoms in total. The summed E-state index contributed by atoms with van der Waals surface area (Å²) in [7, 11) is 0. The van der Waals surface area contributed by atoms with Gasteiger partial charge in [-0.1, -0.05) is 13.8 Å². The number of rotatable bonds is 4. The number of likely N-dealkylation sites (tertiary alicyclic amines) is 1. The summed E-state index contributed by atoms with van der Waals surface area (Å²) in [5, 5.41) is 9.27. The monoisotopic (exact) mass is 171 g/mol. The fraction of sp³-hybridized carbons (Fsp3) is 1.00. The molecule has 1 aliphatic rings. The third kappa shape index (κ3) is 3.55. The van der Waals surface area contributed by atoms with E-state index in [4.69, 9.17) is 0 Å². The van der Waals surface area contributed by atoms with Gasteiger partial charge < -0.3 is 10.0 Å². The molecule has 0 aromatic rings. The number of nitrogens with zero attached hydrogens (tertiary/aromatic N) is 1. The Labute approximate surface area is 75.6 Å². The zero-order valence-electron chi connectivity index (χ0n) is 8.29. The maximum absolute atomic E-state index is 9.27. The lowest BCUT2D eigenvalue weighted by Gasteiger charge is -2.14. The third-order valence-corrected chi connectivity index (χ3v) is 2.50. The van der Waals surface area contributed by atoms with E-state index in [1.165, 1.54) is 19.4 Å². The Hall–Kier alpha value is -0.0800. The minimum atomic E-state index is -0.0518. The summed E-state index contributed by atoms with van der Waals surface area (Å²) in [4.78, 5) is 2.37. The van der Waals surface area contributed by atoms with Crippen LogP contribution in [0.1, 0.15) is 33.1 Å². The van der Waals surface area contributed by atoms with Crippen LogP contribution < -0.4 is 0 Å². The summed E-state index contributed by atoms with van der Waals surface area (Å²) in [5.41, 5.74) is 0. The van der Waals surface area contributed by atoms with Crippen molar-refractivity contribution in [1.82, 2.24) is 4.90 Å². The second-order valence-corrected chi connectivity index (χ2v) is 4.28. The van der Waals surface area contributed by atoms with Gasteiger partial charge in [0.05, 0.1) is 6.10 Å². The molecule has 0 aliphatic carbocycles. The lowest BCUT2D eigenvalue weighted by atomic mass is 10.1. The van der Waals surface area contributed by atoms with Gasteiger partial charge in [-0.3, -0.25) is 0 Å². The Morgan fingerprint density at radius 3 is 2.75 bits per heavy atom. The highest BCUT2D eigenvalue weighted by Gasteiger charge is 2.18. The van der Waals surface area contributed by atoms with Crippen molar-refractivity contribution in [3.05, 3.63) is 0 Å². The first-order chi connectivity index (χ1) is 5.68. The highest BCUT2D eigenvalue weighted by atomic mass is 16.3. The van der Waals surface area contributed by atoms with E-state index in [2.05, 4.69) is 18.7 Å². The molecular weight excluding hydrogens is 150 g/mol. The van der Waals surface area contributed by atoms with E-state index < -0.39 is 0 Å². The Bertz CT molecular complexity index is 125. The Balaban J connectivity index is 2.00. The van der Waals surface area contributed by atoms with Gasteiger partial charge in [0.15, 0.2) is 0 Å².